The number of rotatable bonds is 5. The molecule has 2 heteroatoms. The van der Waals surface area contributed by atoms with E-state index in [-0.39, 0.29) is 5.82 Å². The highest BCUT2D eigenvalue weighted by molar-refractivity contribution is 5.24. The summed E-state index contributed by atoms with van der Waals surface area (Å²) in [5.41, 5.74) is 0.910. The number of nitrogens with one attached hydrogen (secondary N) is 1. The second-order valence-electron chi connectivity index (χ2n) is 5.57. The molecule has 0 radical (unpaired) electrons. The molecule has 0 unspecified atom stereocenters. The Morgan fingerprint density at radius 3 is 2.65 bits per heavy atom. The van der Waals surface area contributed by atoms with Gasteiger partial charge in [-0.25, -0.2) is 4.39 Å². The van der Waals surface area contributed by atoms with Gasteiger partial charge in [0.25, 0.3) is 0 Å². The molecule has 0 bridgehead atoms. The molecule has 1 aromatic rings. The summed E-state index contributed by atoms with van der Waals surface area (Å²) >= 11 is 0. The van der Waals surface area contributed by atoms with E-state index in [0.29, 0.717) is 12.0 Å². The van der Waals surface area contributed by atoms with Crippen molar-refractivity contribution in [1.29, 1.82) is 0 Å². The molecule has 1 nitrogen and oxygen atoms in total. The smallest absolute Gasteiger partial charge is 0.126 e. The first-order chi connectivity index (χ1) is 8.33. The van der Waals surface area contributed by atoms with E-state index in [1.165, 1.54) is 19.3 Å². The lowest BCUT2D eigenvalue weighted by Gasteiger charge is -2.36. The van der Waals surface area contributed by atoms with Crippen LogP contribution in [0.4, 0.5) is 4.39 Å². The molecule has 2 aliphatic carbocycles. The van der Waals surface area contributed by atoms with Crippen LogP contribution >= 0.6 is 0 Å². The van der Waals surface area contributed by atoms with Crippen molar-refractivity contribution in [2.24, 2.45) is 5.92 Å². The van der Waals surface area contributed by atoms with E-state index in [1.54, 1.807) is 12.1 Å². The lowest BCUT2D eigenvalue weighted by Crippen LogP contribution is -2.40. The fraction of sp³-hybridized carbons (Fsp3) is 0.600. The quantitative estimate of drug-likeness (QED) is 0.821. The molecule has 0 saturated heterocycles. The molecule has 0 aromatic heterocycles. The third-order valence-corrected chi connectivity index (χ3v) is 4.17. The fourth-order valence-corrected chi connectivity index (χ4v) is 2.74. The van der Waals surface area contributed by atoms with Crippen molar-refractivity contribution in [2.45, 2.75) is 44.1 Å². The van der Waals surface area contributed by atoms with Gasteiger partial charge >= 0.3 is 0 Å². The first kappa shape index (κ1) is 11.2. The van der Waals surface area contributed by atoms with E-state index in [9.17, 15) is 4.39 Å². The van der Waals surface area contributed by atoms with E-state index >= 15 is 0 Å². The predicted octanol–water partition coefficient (Wildman–Crippen LogP) is 3.46. The van der Waals surface area contributed by atoms with Crippen LogP contribution < -0.4 is 5.32 Å². The average molecular weight is 233 g/mol. The third kappa shape index (κ3) is 2.68. The number of hydrogen-bond acceptors (Lipinski definition) is 1. The molecule has 92 valence electrons. The van der Waals surface area contributed by atoms with Crippen molar-refractivity contribution in [3.63, 3.8) is 0 Å². The van der Waals surface area contributed by atoms with Crippen molar-refractivity contribution in [3.8, 4) is 0 Å². The highest BCUT2D eigenvalue weighted by atomic mass is 19.1. The first-order valence-corrected chi connectivity index (χ1v) is 6.80. The average Bonchev–Trinajstić information content (AvgIpc) is 3.07. The van der Waals surface area contributed by atoms with Crippen molar-refractivity contribution in [3.05, 3.63) is 35.6 Å². The molecule has 17 heavy (non-hydrogen) atoms. The van der Waals surface area contributed by atoms with Crippen LogP contribution in [-0.2, 0) is 0 Å². The molecule has 0 spiro atoms. The maximum absolute atomic E-state index is 13.5. The largest absolute Gasteiger partial charge is 0.314 e. The molecule has 2 saturated carbocycles. The molecule has 0 atom stereocenters. The van der Waals surface area contributed by atoms with E-state index in [2.05, 4.69) is 5.32 Å². The van der Waals surface area contributed by atoms with Crippen LogP contribution in [0.5, 0.6) is 0 Å². The predicted molar refractivity (Wildman–Crippen MR) is 67.5 cm³/mol. The summed E-state index contributed by atoms with van der Waals surface area (Å²) in [5.74, 6) is 1.41. The monoisotopic (exact) mass is 233 g/mol. The molecule has 0 amide bonds. The summed E-state index contributed by atoms with van der Waals surface area (Å²) in [7, 11) is 0. The maximum atomic E-state index is 13.5. The summed E-state index contributed by atoms with van der Waals surface area (Å²) in [5, 5.41) is 3.59. The van der Waals surface area contributed by atoms with Crippen LogP contribution in [-0.4, -0.2) is 12.6 Å². The lowest BCUT2D eigenvalue weighted by atomic mass is 9.75. The van der Waals surface area contributed by atoms with Crippen molar-refractivity contribution in [2.75, 3.05) is 6.54 Å². The number of halogens is 1. The Kier molecular flexibility index (Phi) is 3.15. The number of hydrogen-bond donors (Lipinski definition) is 1. The minimum atomic E-state index is -0.0334. The van der Waals surface area contributed by atoms with Crippen molar-refractivity contribution < 1.29 is 4.39 Å². The van der Waals surface area contributed by atoms with Gasteiger partial charge in [0, 0.05) is 6.04 Å². The minimum Gasteiger partial charge on any atom is -0.314 e. The van der Waals surface area contributed by atoms with E-state index in [4.69, 9.17) is 0 Å². The highest BCUT2D eigenvalue weighted by Gasteiger charge is 2.31. The zero-order chi connectivity index (χ0) is 11.7. The van der Waals surface area contributed by atoms with Crippen LogP contribution in [0.3, 0.4) is 0 Å². The summed E-state index contributed by atoms with van der Waals surface area (Å²) in [6, 6.07) is 7.83. The van der Waals surface area contributed by atoms with Gasteiger partial charge in [-0.3, -0.25) is 0 Å². The minimum absolute atomic E-state index is 0.0334. The van der Waals surface area contributed by atoms with Gasteiger partial charge in [-0.05, 0) is 49.3 Å². The Morgan fingerprint density at radius 2 is 1.94 bits per heavy atom. The van der Waals surface area contributed by atoms with Gasteiger partial charge < -0.3 is 5.32 Å². The molecule has 0 aliphatic heterocycles. The summed E-state index contributed by atoms with van der Waals surface area (Å²) in [4.78, 5) is 0. The van der Waals surface area contributed by atoms with Crippen LogP contribution in [0.25, 0.3) is 0 Å². The molecule has 2 fully saturated rings. The van der Waals surface area contributed by atoms with Crippen LogP contribution in [0, 0.1) is 11.7 Å². The number of benzene rings is 1. The van der Waals surface area contributed by atoms with Gasteiger partial charge in [0.2, 0.25) is 0 Å². The van der Waals surface area contributed by atoms with E-state index in [1.807, 2.05) is 12.1 Å². The lowest BCUT2D eigenvalue weighted by molar-refractivity contribution is 0.283. The fourth-order valence-electron chi connectivity index (χ4n) is 2.74. The first-order valence-electron chi connectivity index (χ1n) is 6.80. The van der Waals surface area contributed by atoms with Gasteiger partial charge in [-0.2, -0.15) is 0 Å². The second kappa shape index (κ2) is 4.77. The summed E-state index contributed by atoms with van der Waals surface area (Å²) in [6.45, 7) is 1.15. The van der Waals surface area contributed by atoms with E-state index < -0.39 is 0 Å². The highest BCUT2D eigenvalue weighted by Crippen LogP contribution is 2.38. The molecule has 0 heterocycles. The normalized spacial score (nSPS) is 27.8. The van der Waals surface area contributed by atoms with Crippen LogP contribution in [0.15, 0.2) is 24.3 Å². The van der Waals surface area contributed by atoms with Crippen LogP contribution in [0.1, 0.15) is 43.6 Å². The van der Waals surface area contributed by atoms with Crippen molar-refractivity contribution in [1.82, 2.24) is 5.32 Å². The Balaban J connectivity index is 1.42. The topological polar surface area (TPSA) is 12.0 Å². The Hall–Kier alpha value is -0.890. The Morgan fingerprint density at radius 1 is 1.18 bits per heavy atom. The zero-order valence-electron chi connectivity index (χ0n) is 10.2. The van der Waals surface area contributed by atoms with Crippen molar-refractivity contribution >= 4 is 0 Å². The molecule has 1 N–H and O–H groups in total. The second-order valence-corrected chi connectivity index (χ2v) is 5.57. The molecular weight excluding hydrogens is 213 g/mol. The van der Waals surface area contributed by atoms with Crippen LogP contribution in [0.2, 0.25) is 0 Å². The molecule has 2 aliphatic rings. The summed E-state index contributed by atoms with van der Waals surface area (Å²) in [6.07, 6.45) is 6.41. The zero-order valence-corrected chi connectivity index (χ0v) is 10.2. The molecule has 3 rings (SSSR count). The van der Waals surface area contributed by atoms with Gasteiger partial charge in [0.15, 0.2) is 0 Å². The van der Waals surface area contributed by atoms with Gasteiger partial charge in [-0.15, -0.1) is 0 Å². The molecular formula is C15H20FN. The Labute approximate surface area is 102 Å². The van der Waals surface area contributed by atoms with Gasteiger partial charge in [0.05, 0.1) is 0 Å². The van der Waals surface area contributed by atoms with Gasteiger partial charge in [-0.1, -0.05) is 31.0 Å². The van der Waals surface area contributed by atoms with E-state index in [0.717, 1.165) is 30.9 Å². The van der Waals surface area contributed by atoms with Gasteiger partial charge in [0.1, 0.15) is 5.82 Å². The SMILES string of the molecule is Fc1ccccc1C1CC(NCCC2CC2)C1. The summed E-state index contributed by atoms with van der Waals surface area (Å²) < 4.78 is 13.5. The molecule has 1 aromatic carbocycles. The maximum Gasteiger partial charge on any atom is 0.126 e. The third-order valence-electron chi connectivity index (χ3n) is 4.17. The Bertz CT molecular complexity index is 380. The standard InChI is InChI=1S/C15H20FN/c16-15-4-2-1-3-14(15)12-9-13(10-12)17-8-7-11-5-6-11/h1-4,11-13,17H,5-10H2.